The van der Waals surface area contributed by atoms with Crippen molar-refractivity contribution >= 4 is 17.6 Å². The first-order valence-electron chi connectivity index (χ1n) is 8.82. The minimum atomic E-state index is -0.627. The van der Waals surface area contributed by atoms with Gasteiger partial charge in [-0.25, -0.2) is 4.79 Å². The van der Waals surface area contributed by atoms with Crippen molar-refractivity contribution in [3.8, 4) is 11.5 Å². The summed E-state index contributed by atoms with van der Waals surface area (Å²) in [5.74, 6) is 0.665. The number of anilines is 1. The fraction of sp³-hybridized carbons (Fsp3) is 0.190. The lowest BCUT2D eigenvalue weighted by atomic mass is 10.1. The van der Waals surface area contributed by atoms with Crippen LogP contribution in [0.3, 0.4) is 0 Å². The van der Waals surface area contributed by atoms with Crippen LogP contribution in [-0.4, -0.2) is 23.6 Å². The third kappa shape index (κ3) is 4.76. The summed E-state index contributed by atoms with van der Waals surface area (Å²) in [6, 6.07) is 16.3. The number of aromatic nitrogens is 1. The smallest absolute Gasteiger partial charge is 0.344 e. The van der Waals surface area contributed by atoms with Gasteiger partial charge in [0, 0.05) is 5.69 Å². The van der Waals surface area contributed by atoms with Crippen LogP contribution < -0.4 is 10.1 Å². The number of esters is 1. The molecule has 1 N–H and O–H groups in total. The van der Waals surface area contributed by atoms with Gasteiger partial charge in [0.1, 0.15) is 22.8 Å². The lowest BCUT2D eigenvalue weighted by molar-refractivity contribution is -0.119. The zero-order chi connectivity index (χ0) is 19.9. The Morgan fingerprint density at radius 1 is 1.04 bits per heavy atom. The van der Waals surface area contributed by atoms with Crippen molar-refractivity contribution in [2.75, 3.05) is 11.9 Å². The molecular weight excluding hydrogens is 360 g/mol. The summed E-state index contributed by atoms with van der Waals surface area (Å²) in [5, 5.41) is 6.47. The summed E-state index contributed by atoms with van der Waals surface area (Å²) in [4.78, 5) is 24.2. The molecule has 3 rings (SSSR count). The van der Waals surface area contributed by atoms with E-state index in [1.54, 1.807) is 31.2 Å². The van der Waals surface area contributed by atoms with Crippen molar-refractivity contribution in [1.82, 2.24) is 5.16 Å². The van der Waals surface area contributed by atoms with Crippen LogP contribution in [0.25, 0.3) is 0 Å². The lowest BCUT2D eigenvalue weighted by Crippen LogP contribution is -2.21. The Balaban J connectivity index is 1.52. The van der Waals surface area contributed by atoms with Crippen molar-refractivity contribution < 1.29 is 23.6 Å². The van der Waals surface area contributed by atoms with E-state index in [1.165, 1.54) is 0 Å². The Morgan fingerprint density at radius 2 is 1.71 bits per heavy atom. The fourth-order valence-electron chi connectivity index (χ4n) is 2.55. The van der Waals surface area contributed by atoms with Gasteiger partial charge in [-0.15, -0.1) is 0 Å². The number of amides is 1. The summed E-state index contributed by atoms with van der Waals surface area (Å²) in [7, 11) is 0. The third-order valence-electron chi connectivity index (χ3n) is 3.92. The molecule has 0 aliphatic rings. The van der Waals surface area contributed by atoms with E-state index < -0.39 is 18.5 Å². The van der Waals surface area contributed by atoms with E-state index in [-0.39, 0.29) is 5.56 Å². The number of para-hydroxylation sites is 1. The first kappa shape index (κ1) is 19.2. The number of nitrogens with zero attached hydrogens (tertiary/aromatic N) is 1. The summed E-state index contributed by atoms with van der Waals surface area (Å²) in [5.41, 5.74) is 1.35. The number of benzene rings is 2. The largest absolute Gasteiger partial charge is 0.457 e. The van der Waals surface area contributed by atoms with Crippen LogP contribution in [-0.2, 0) is 16.0 Å². The second kappa shape index (κ2) is 8.85. The van der Waals surface area contributed by atoms with Gasteiger partial charge in [-0.2, -0.15) is 0 Å². The molecule has 7 nitrogen and oxygen atoms in total. The predicted molar refractivity (Wildman–Crippen MR) is 102 cm³/mol. The summed E-state index contributed by atoms with van der Waals surface area (Å²) >= 11 is 0. The number of rotatable bonds is 7. The number of hydrogen-bond acceptors (Lipinski definition) is 6. The number of ether oxygens (including phenoxy) is 2. The van der Waals surface area contributed by atoms with Gasteiger partial charge in [-0.05, 0) is 49.7 Å². The fourth-order valence-corrected chi connectivity index (χ4v) is 2.55. The van der Waals surface area contributed by atoms with E-state index in [9.17, 15) is 9.59 Å². The highest BCUT2D eigenvalue weighted by atomic mass is 16.5. The van der Waals surface area contributed by atoms with Crippen molar-refractivity contribution in [3.63, 3.8) is 0 Å². The third-order valence-corrected chi connectivity index (χ3v) is 3.92. The zero-order valence-corrected chi connectivity index (χ0v) is 15.6. The average molecular weight is 380 g/mol. The Morgan fingerprint density at radius 3 is 2.39 bits per heavy atom. The highest BCUT2D eigenvalue weighted by Crippen LogP contribution is 2.22. The maximum absolute atomic E-state index is 12.2. The summed E-state index contributed by atoms with van der Waals surface area (Å²) < 4.78 is 15.8. The molecule has 0 spiro atoms. The van der Waals surface area contributed by atoms with Gasteiger partial charge in [0.15, 0.2) is 6.61 Å². The predicted octanol–water partition coefficient (Wildman–Crippen LogP) is 4.13. The van der Waals surface area contributed by atoms with Crippen molar-refractivity contribution in [3.05, 3.63) is 71.6 Å². The molecule has 0 fully saturated rings. The van der Waals surface area contributed by atoms with Crippen LogP contribution in [0.5, 0.6) is 11.5 Å². The minimum absolute atomic E-state index is 0.276. The highest BCUT2D eigenvalue weighted by molar-refractivity contribution is 5.96. The van der Waals surface area contributed by atoms with Crippen LogP contribution >= 0.6 is 0 Å². The summed E-state index contributed by atoms with van der Waals surface area (Å²) in [6.45, 7) is 3.07. The second-order valence-electron chi connectivity index (χ2n) is 5.98. The maximum Gasteiger partial charge on any atom is 0.344 e. The average Bonchev–Trinajstić information content (AvgIpc) is 3.09. The van der Waals surface area contributed by atoms with Crippen LogP contribution in [0.1, 0.15) is 28.7 Å². The maximum atomic E-state index is 12.2. The normalized spacial score (nSPS) is 10.4. The molecule has 28 heavy (non-hydrogen) atoms. The zero-order valence-electron chi connectivity index (χ0n) is 15.6. The van der Waals surface area contributed by atoms with Crippen LogP contribution in [0.4, 0.5) is 5.69 Å². The Kier molecular flexibility index (Phi) is 6.06. The molecule has 0 saturated heterocycles. The van der Waals surface area contributed by atoms with E-state index in [1.807, 2.05) is 37.3 Å². The Labute approximate surface area is 162 Å². The number of carbonyl (C=O) groups is 2. The SMILES string of the molecule is CCc1noc(C)c1C(=O)OCC(=O)Nc1ccc(Oc2ccccc2)cc1. The molecule has 1 amide bonds. The second-order valence-corrected chi connectivity index (χ2v) is 5.98. The van der Waals surface area contributed by atoms with Crippen LogP contribution in [0, 0.1) is 6.92 Å². The molecule has 0 saturated carbocycles. The van der Waals surface area contributed by atoms with Gasteiger partial charge in [-0.1, -0.05) is 30.3 Å². The van der Waals surface area contributed by atoms with Crippen molar-refractivity contribution in [2.45, 2.75) is 20.3 Å². The molecule has 1 heterocycles. The molecule has 0 radical (unpaired) electrons. The first-order valence-corrected chi connectivity index (χ1v) is 8.82. The van der Waals surface area contributed by atoms with E-state index in [2.05, 4.69) is 10.5 Å². The van der Waals surface area contributed by atoms with Gasteiger partial charge in [0.2, 0.25) is 0 Å². The lowest BCUT2D eigenvalue weighted by Gasteiger charge is -2.08. The molecule has 0 bridgehead atoms. The van der Waals surface area contributed by atoms with E-state index in [4.69, 9.17) is 14.0 Å². The molecule has 0 unspecified atom stereocenters. The Hall–Kier alpha value is -3.61. The van der Waals surface area contributed by atoms with E-state index >= 15 is 0 Å². The van der Waals surface area contributed by atoms with E-state index in [0.29, 0.717) is 29.3 Å². The minimum Gasteiger partial charge on any atom is -0.457 e. The quantitative estimate of drug-likeness (QED) is 0.620. The number of nitrogens with one attached hydrogen (secondary N) is 1. The van der Waals surface area contributed by atoms with Crippen molar-refractivity contribution in [2.24, 2.45) is 0 Å². The molecule has 0 aliphatic carbocycles. The highest BCUT2D eigenvalue weighted by Gasteiger charge is 2.21. The van der Waals surface area contributed by atoms with Gasteiger partial charge in [0.05, 0.1) is 5.69 Å². The molecule has 144 valence electrons. The first-order chi connectivity index (χ1) is 13.6. The number of aryl methyl sites for hydroxylation is 2. The molecular formula is C21H20N2O5. The molecule has 7 heteroatoms. The van der Waals surface area contributed by atoms with Crippen molar-refractivity contribution in [1.29, 1.82) is 0 Å². The Bertz CT molecular complexity index is 949. The number of hydrogen-bond donors (Lipinski definition) is 1. The van der Waals surface area contributed by atoms with E-state index in [0.717, 1.165) is 5.75 Å². The molecule has 3 aromatic rings. The van der Waals surface area contributed by atoms with Gasteiger partial charge in [-0.3, -0.25) is 4.79 Å². The monoisotopic (exact) mass is 380 g/mol. The molecule has 2 aromatic carbocycles. The standard InChI is InChI=1S/C21H20N2O5/c1-3-18-20(14(2)28-23-18)21(25)26-13-19(24)22-15-9-11-17(12-10-15)27-16-7-5-4-6-8-16/h4-12H,3,13H2,1-2H3,(H,22,24). The molecule has 1 aromatic heterocycles. The molecule has 0 atom stereocenters. The van der Waals surface area contributed by atoms with Crippen LogP contribution in [0.2, 0.25) is 0 Å². The van der Waals surface area contributed by atoms with Gasteiger partial charge >= 0.3 is 5.97 Å². The topological polar surface area (TPSA) is 90.7 Å². The summed E-state index contributed by atoms with van der Waals surface area (Å²) in [6.07, 6.45) is 0.533. The number of carbonyl (C=O) groups excluding carboxylic acids is 2. The van der Waals surface area contributed by atoms with Gasteiger partial charge in [0.25, 0.3) is 5.91 Å². The van der Waals surface area contributed by atoms with Crippen LogP contribution in [0.15, 0.2) is 59.1 Å². The van der Waals surface area contributed by atoms with Gasteiger partial charge < -0.3 is 19.3 Å². The molecule has 0 aliphatic heterocycles.